The summed E-state index contributed by atoms with van der Waals surface area (Å²) >= 11 is 11.2. The lowest BCUT2D eigenvalue weighted by molar-refractivity contribution is -0.137. The van der Waals surface area contributed by atoms with Gasteiger partial charge in [0.25, 0.3) is 0 Å². The van der Waals surface area contributed by atoms with Crippen LogP contribution in [0.4, 0.5) is 24.5 Å². The zero-order valence-electron chi connectivity index (χ0n) is 21.6. The molecular weight excluding hydrogens is 691 g/mol. The van der Waals surface area contributed by atoms with Crippen molar-refractivity contribution in [1.82, 2.24) is 4.57 Å². The first-order valence-corrected chi connectivity index (χ1v) is 15.5. The average molecular weight is 709 g/mol. The van der Waals surface area contributed by atoms with E-state index >= 15 is 0 Å². The van der Waals surface area contributed by atoms with Gasteiger partial charge in [0.1, 0.15) is 11.8 Å². The van der Waals surface area contributed by atoms with Crippen LogP contribution in [0.3, 0.4) is 0 Å². The molecule has 0 spiro atoms. The van der Waals surface area contributed by atoms with Crippen LogP contribution in [-0.2, 0) is 27.1 Å². The van der Waals surface area contributed by atoms with Crippen molar-refractivity contribution in [3.8, 4) is 0 Å². The van der Waals surface area contributed by atoms with Crippen molar-refractivity contribution in [1.29, 1.82) is 0 Å². The number of nitrogens with zero attached hydrogens (tertiary/aromatic N) is 2. The largest absolute Gasteiger partial charge is 0.416 e. The predicted molar refractivity (Wildman–Crippen MR) is 162 cm³/mol. The van der Waals surface area contributed by atoms with Gasteiger partial charge in [0.05, 0.1) is 22.2 Å². The number of imide groups is 1. The molecule has 220 valence electrons. The number of rotatable bonds is 5. The van der Waals surface area contributed by atoms with Crippen molar-refractivity contribution in [2.75, 3.05) is 10.2 Å². The van der Waals surface area contributed by atoms with Crippen LogP contribution in [0.5, 0.6) is 0 Å². The fourth-order valence-electron chi connectivity index (χ4n) is 5.27. The molecule has 0 saturated carbocycles. The van der Waals surface area contributed by atoms with Crippen LogP contribution >= 0.6 is 50.6 Å². The fourth-order valence-corrected chi connectivity index (χ4v) is 8.58. The molecular formula is C29H18BrClF3N3O4S2. The number of hydrogen-bond donors (Lipinski definition) is 1. The van der Waals surface area contributed by atoms with Gasteiger partial charge in [-0.05, 0) is 60.2 Å². The van der Waals surface area contributed by atoms with Gasteiger partial charge in [-0.25, -0.2) is 4.90 Å². The van der Waals surface area contributed by atoms with E-state index in [0.717, 1.165) is 46.2 Å². The SMILES string of the molecule is O=C(Cn1c2c(sc1=O)[C@@H](c1cccc(Br)c1)[C@@H]1C(=O)N(c3cccc(C(F)(F)F)c3)C(=O)[C@@H]1S2)Nc1ccc(Cl)cc1. The molecule has 1 aromatic heterocycles. The van der Waals surface area contributed by atoms with Crippen LogP contribution in [0.15, 0.2) is 87.1 Å². The third-order valence-corrected chi connectivity index (χ3v) is 10.5. The quantitative estimate of drug-likeness (QED) is 0.231. The minimum atomic E-state index is -4.67. The van der Waals surface area contributed by atoms with Crippen LogP contribution in [-0.4, -0.2) is 27.5 Å². The second-order valence-corrected chi connectivity index (χ2v) is 13.3. The number of carbonyl (C=O) groups excluding carboxylic acids is 3. The zero-order chi connectivity index (χ0) is 30.6. The summed E-state index contributed by atoms with van der Waals surface area (Å²) in [7, 11) is 0. The number of halogens is 5. The highest BCUT2D eigenvalue weighted by molar-refractivity contribution is 9.10. The van der Waals surface area contributed by atoms with E-state index in [2.05, 4.69) is 21.2 Å². The van der Waals surface area contributed by atoms with Crippen LogP contribution in [0.25, 0.3) is 0 Å². The smallest absolute Gasteiger partial charge is 0.325 e. The van der Waals surface area contributed by atoms with E-state index in [9.17, 15) is 32.3 Å². The second-order valence-electron chi connectivity index (χ2n) is 9.84. The second kappa shape index (κ2) is 11.3. The van der Waals surface area contributed by atoms with E-state index in [4.69, 9.17) is 11.6 Å². The first-order valence-electron chi connectivity index (χ1n) is 12.7. The third kappa shape index (κ3) is 5.54. The molecule has 6 rings (SSSR count). The first-order chi connectivity index (χ1) is 20.4. The number of thiazole rings is 1. The number of anilines is 2. The Labute approximate surface area is 263 Å². The number of thioether (sulfide) groups is 1. The molecule has 0 unspecified atom stereocenters. The van der Waals surface area contributed by atoms with Gasteiger partial charge in [0, 0.05) is 26.0 Å². The van der Waals surface area contributed by atoms with Crippen LogP contribution < -0.4 is 15.1 Å². The molecule has 3 amide bonds. The minimum Gasteiger partial charge on any atom is -0.325 e. The maximum absolute atomic E-state index is 13.9. The predicted octanol–water partition coefficient (Wildman–Crippen LogP) is 6.78. The number of fused-ring (bicyclic) bond motifs is 2. The maximum Gasteiger partial charge on any atom is 0.416 e. The Kier molecular flexibility index (Phi) is 7.78. The molecule has 4 aromatic rings. The molecule has 0 radical (unpaired) electrons. The standard InChI is InChI=1S/C29H18BrClF3N3O4S2/c30-16-5-1-3-14(11-16)21-22-23(26(40)37(25(22)39)19-6-2-4-15(12-19)29(32,33)34)42-27-24(21)43-28(41)36(27)13-20(38)35-18-9-7-17(31)8-10-18/h1-12,21-23H,13H2,(H,35,38)/t21-,22-,23+/m0/s1. The van der Waals surface area contributed by atoms with Crippen molar-refractivity contribution in [3.05, 3.63) is 108 Å². The van der Waals surface area contributed by atoms with Gasteiger partial charge in [0.15, 0.2) is 0 Å². The molecule has 1 saturated heterocycles. The van der Waals surface area contributed by atoms with Crippen molar-refractivity contribution >= 4 is 79.7 Å². The molecule has 0 bridgehead atoms. The third-order valence-electron chi connectivity index (χ3n) is 7.12. The molecule has 3 heterocycles. The van der Waals surface area contributed by atoms with Gasteiger partial charge >= 0.3 is 11.0 Å². The Morgan fingerprint density at radius 2 is 1.70 bits per heavy atom. The summed E-state index contributed by atoms with van der Waals surface area (Å²) in [5.74, 6) is -3.61. The van der Waals surface area contributed by atoms with Gasteiger partial charge < -0.3 is 5.32 Å². The van der Waals surface area contributed by atoms with Gasteiger partial charge in [0.2, 0.25) is 17.7 Å². The number of hydrogen-bond acceptors (Lipinski definition) is 6. The monoisotopic (exact) mass is 707 g/mol. The van der Waals surface area contributed by atoms with Crippen LogP contribution in [0, 0.1) is 5.92 Å². The number of carbonyl (C=O) groups is 3. The normalized spacial score (nSPS) is 19.7. The number of benzene rings is 3. The number of alkyl halides is 3. The molecule has 1 N–H and O–H groups in total. The summed E-state index contributed by atoms with van der Waals surface area (Å²) in [5, 5.41) is 2.51. The highest BCUT2D eigenvalue weighted by Crippen LogP contribution is 2.54. The Balaban J connectivity index is 1.41. The van der Waals surface area contributed by atoms with Crippen LogP contribution in [0.2, 0.25) is 5.02 Å². The summed E-state index contributed by atoms with van der Waals surface area (Å²) in [4.78, 5) is 54.8. The molecule has 43 heavy (non-hydrogen) atoms. The van der Waals surface area contributed by atoms with Gasteiger partial charge in [-0.1, -0.05) is 68.8 Å². The van der Waals surface area contributed by atoms with Crippen molar-refractivity contribution in [3.63, 3.8) is 0 Å². The van der Waals surface area contributed by atoms with Crippen molar-refractivity contribution < 1.29 is 27.6 Å². The van der Waals surface area contributed by atoms with Crippen LogP contribution in [0.1, 0.15) is 21.9 Å². The van der Waals surface area contributed by atoms with E-state index < -0.39 is 51.4 Å². The Hall–Kier alpha value is -3.39. The first kappa shape index (κ1) is 29.7. The maximum atomic E-state index is 13.9. The lowest BCUT2D eigenvalue weighted by atomic mass is 9.83. The van der Waals surface area contributed by atoms with E-state index in [1.165, 1.54) is 10.6 Å². The summed E-state index contributed by atoms with van der Waals surface area (Å²) in [6.07, 6.45) is -4.67. The van der Waals surface area contributed by atoms with E-state index in [1.807, 2.05) is 0 Å². The van der Waals surface area contributed by atoms with Gasteiger partial charge in [-0.15, -0.1) is 0 Å². The Morgan fingerprint density at radius 3 is 2.40 bits per heavy atom. The van der Waals surface area contributed by atoms with E-state index in [-0.39, 0.29) is 12.2 Å². The van der Waals surface area contributed by atoms with Gasteiger partial charge in [-0.2, -0.15) is 13.2 Å². The fraction of sp³-hybridized carbons (Fsp3) is 0.172. The lowest BCUT2D eigenvalue weighted by Crippen LogP contribution is -2.33. The Bertz CT molecular complexity index is 1840. The van der Waals surface area contributed by atoms with Crippen molar-refractivity contribution in [2.24, 2.45) is 5.92 Å². The average Bonchev–Trinajstić information content (AvgIpc) is 3.40. The number of amides is 3. The Morgan fingerprint density at radius 1 is 0.977 bits per heavy atom. The molecule has 2 aliphatic rings. The lowest BCUT2D eigenvalue weighted by Gasteiger charge is -2.30. The molecule has 0 aliphatic carbocycles. The highest BCUT2D eigenvalue weighted by Gasteiger charge is 2.57. The molecule has 3 aromatic carbocycles. The van der Waals surface area contributed by atoms with E-state index in [0.29, 0.717) is 30.6 Å². The van der Waals surface area contributed by atoms with E-state index in [1.54, 1.807) is 48.5 Å². The number of nitrogens with one attached hydrogen (secondary N) is 1. The summed E-state index contributed by atoms with van der Waals surface area (Å²) < 4.78 is 42.4. The summed E-state index contributed by atoms with van der Waals surface area (Å²) in [6, 6.07) is 17.6. The van der Waals surface area contributed by atoms with Gasteiger partial charge in [-0.3, -0.25) is 23.7 Å². The molecule has 1 fully saturated rings. The summed E-state index contributed by atoms with van der Waals surface area (Å²) in [6.45, 7) is -0.359. The highest BCUT2D eigenvalue weighted by atomic mass is 79.9. The molecule has 7 nitrogen and oxygen atoms in total. The number of aromatic nitrogens is 1. The molecule has 3 atom stereocenters. The molecule has 2 aliphatic heterocycles. The molecule has 14 heteroatoms. The van der Waals surface area contributed by atoms with Crippen molar-refractivity contribution in [2.45, 2.75) is 28.9 Å². The summed E-state index contributed by atoms with van der Waals surface area (Å²) in [5.41, 5.74) is -0.0660. The zero-order valence-corrected chi connectivity index (χ0v) is 25.6. The topological polar surface area (TPSA) is 88.5 Å². The minimum absolute atomic E-state index is 0.184.